The Labute approximate surface area is 240 Å². The third-order valence-corrected chi connectivity index (χ3v) is 8.93. The summed E-state index contributed by atoms with van der Waals surface area (Å²) in [6, 6.07) is 7.59. The molecule has 3 unspecified atom stereocenters. The third kappa shape index (κ3) is 4.75. The number of fused-ring (bicyclic) bond motifs is 3. The molecule has 2 aromatic heterocycles. The number of aromatic nitrogens is 3. The summed E-state index contributed by atoms with van der Waals surface area (Å²) < 4.78 is 16.1. The van der Waals surface area contributed by atoms with Crippen LogP contribution in [-0.4, -0.2) is 63.4 Å². The number of amides is 1. The molecule has 9 nitrogen and oxygen atoms in total. The molecule has 1 aliphatic heterocycles. The quantitative estimate of drug-likeness (QED) is 0.407. The summed E-state index contributed by atoms with van der Waals surface area (Å²) in [6.45, 7) is 8.27. The Hall–Kier alpha value is -3.87. The minimum atomic E-state index is -0.208. The molecular formula is C32H38N6O3. The van der Waals surface area contributed by atoms with Crippen molar-refractivity contribution in [3.8, 4) is 23.3 Å². The molecule has 2 N–H and O–H groups in total. The first-order valence-electron chi connectivity index (χ1n) is 14.5. The second kappa shape index (κ2) is 10.8. The lowest BCUT2D eigenvalue weighted by molar-refractivity contribution is -0.00551. The van der Waals surface area contributed by atoms with E-state index in [0.717, 1.165) is 40.6 Å². The number of hydrogen-bond acceptors (Lipinski definition) is 6. The van der Waals surface area contributed by atoms with Gasteiger partial charge in [0.25, 0.3) is 5.91 Å². The number of ether oxygens (including phenoxy) is 2. The normalized spacial score (nSPS) is 24.2. The molecule has 214 valence electrons. The van der Waals surface area contributed by atoms with Crippen LogP contribution in [0.4, 0.5) is 0 Å². The fraction of sp³-hybridized carbons (Fsp3) is 0.469. The highest BCUT2D eigenvalue weighted by molar-refractivity contribution is 6.00. The van der Waals surface area contributed by atoms with E-state index in [1.54, 1.807) is 13.2 Å². The van der Waals surface area contributed by atoms with Gasteiger partial charge in [0.1, 0.15) is 11.3 Å². The van der Waals surface area contributed by atoms with Gasteiger partial charge < -0.3 is 29.2 Å². The van der Waals surface area contributed by atoms with Crippen LogP contribution in [0.3, 0.4) is 0 Å². The van der Waals surface area contributed by atoms with Crippen molar-refractivity contribution in [2.45, 2.75) is 57.3 Å². The lowest BCUT2D eigenvalue weighted by Gasteiger charge is -2.33. The number of nitriles is 1. The summed E-state index contributed by atoms with van der Waals surface area (Å²) in [7, 11) is 3.61. The van der Waals surface area contributed by atoms with Crippen LogP contribution in [0.5, 0.6) is 5.75 Å². The first-order chi connectivity index (χ1) is 19.9. The van der Waals surface area contributed by atoms with Crippen LogP contribution in [-0.2, 0) is 18.3 Å². The molecule has 4 atom stereocenters. The largest absolute Gasteiger partial charge is 0.494 e. The number of hydrogen-bond donors (Lipinski definition) is 1. The molecule has 3 aromatic rings. The summed E-state index contributed by atoms with van der Waals surface area (Å²) in [5.41, 5.74) is 9.58. The maximum atomic E-state index is 13.9. The second-order valence-corrected chi connectivity index (χ2v) is 11.6. The fourth-order valence-corrected chi connectivity index (χ4v) is 6.63. The van der Waals surface area contributed by atoms with Crippen molar-refractivity contribution in [1.82, 2.24) is 19.0 Å². The van der Waals surface area contributed by atoms with Gasteiger partial charge in [-0.1, -0.05) is 24.8 Å². The van der Waals surface area contributed by atoms with Gasteiger partial charge in [0.15, 0.2) is 5.82 Å². The molecule has 9 heteroatoms. The van der Waals surface area contributed by atoms with Crippen molar-refractivity contribution in [3.05, 3.63) is 46.5 Å². The monoisotopic (exact) mass is 554 g/mol. The second-order valence-electron chi connectivity index (χ2n) is 11.6. The number of carbonyl (C=O) groups is 1. The Bertz CT molecular complexity index is 1670. The van der Waals surface area contributed by atoms with Crippen LogP contribution in [0.15, 0.2) is 30.4 Å². The van der Waals surface area contributed by atoms with Gasteiger partial charge in [-0.25, -0.2) is 4.98 Å². The number of nitrogens with zero attached hydrogens (tertiary/aromatic N) is 5. The summed E-state index contributed by atoms with van der Waals surface area (Å²) >= 11 is 0. The van der Waals surface area contributed by atoms with Crippen LogP contribution in [0, 0.1) is 23.2 Å². The van der Waals surface area contributed by atoms with Gasteiger partial charge in [-0.3, -0.25) is 4.79 Å². The van der Waals surface area contributed by atoms with E-state index in [1.165, 1.54) is 12.8 Å². The molecule has 0 radical (unpaired) electrons. The van der Waals surface area contributed by atoms with E-state index in [9.17, 15) is 4.79 Å². The number of methoxy groups -OCH3 is 1. The lowest BCUT2D eigenvalue weighted by atomic mass is 10.1. The molecule has 6 rings (SSSR count). The van der Waals surface area contributed by atoms with Crippen molar-refractivity contribution < 1.29 is 14.3 Å². The predicted molar refractivity (Wildman–Crippen MR) is 158 cm³/mol. The summed E-state index contributed by atoms with van der Waals surface area (Å²) in [4.78, 5) is 20.8. The van der Waals surface area contributed by atoms with Crippen LogP contribution < -0.4 is 21.0 Å². The number of benzene rings is 1. The maximum Gasteiger partial charge on any atom is 0.254 e. The van der Waals surface area contributed by atoms with Gasteiger partial charge in [0, 0.05) is 37.1 Å². The standard InChI is InChI=1S/C32H38N6O3/c1-5-6-8-21-14-25(37(19(21)2)17-20-9-10-20)31-35-24-13-22(15-26(40-4)29(24)36(31)3)32(39)38-18-23-16-27(30(38)28(23)34)41-12-7-11-33/h5-6,8,13-15,20,23,27-28,30H,2,7,9-10,12,16-18,34H2,1,3-4H3/b6-5-,21-8-/t23?,27-,28?,30?/m0/s1. The molecule has 3 fully saturated rings. The number of carbonyl (C=O) groups excluding carboxylic acids is 1. The van der Waals surface area contributed by atoms with Crippen molar-refractivity contribution in [2.75, 3.05) is 20.3 Å². The topological polar surface area (TPSA) is 111 Å². The van der Waals surface area contributed by atoms with E-state index < -0.39 is 0 Å². The van der Waals surface area contributed by atoms with E-state index in [4.69, 9.17) is 25.5 Å². The molecule has 1 amide bonds. The van der Waals surface area contributed by atoms with Crippen molar-refractivity contribution in [3.63, 3.8) is 0 Å². The molecular weight excluding hydrogens is 516 g/mol. The minimum absolute atomic E-state index is 0.102. The summed E-state index contributed by atoms with van der Waals surface area (Å²) in [5.74, 6) is 2.15. The highest BCUT2D eigenvalue weighted by Gasteiger charge is 2.53. The number of nitrogens with two attached hydrogens (primary N) is 1. The van der Waals surface area contributed by atoms with Crippen LogP contribution >= 0.6 is 0 Å². The van der Waals surface area contributed by atoms with E-state index in [-0.39, 0.29) is 30.0 Å². The average molecular weight is 555 g/mol. The Morgan fingerprint density at radius 2 is 2.12 bits per heavy atom. The molecule has 41 heavy (non-hydrogen) atoms. The Balaban J connectivity index is 1.38. The van der Waals surface area contributed by atoms with Crippen molar-refractivity contribution >= 4 is 29.6 Å². The number of piperidine rings is 1. The zero-order valence-corrected chi connectivity index (χ0v) is 24.0. The molecule has 2 bridgehead atoms. The highest BCUT2D eigenvalue weighted by atomic mass is 16.5. The Kier molecular flexibility index (Phi) is 7.22. The molecule has 1 aromatic carbocycles. The summed E-state index contributed by atoms with van der Waals surface area (Å²) in [5, 5.41) is 10.9. The van der Waals surface area contributed by atoms with Gasteiger partial charge in [-0.15, -0.1) is 0 Å². The van der Waals surface area contributed by atoms with E-state index in [0.29, 0.717) is 42.3 Å². The number of rotatable bonds is 9. The zero-order valence-electron chi connectivity index (χ0n) is 24.0. The molecule has 2 aliphatic carbocycles. The first kappa shape index (κ1) is 27.3. The van der Waals surface area contributed by atoms with E-state index in [2.05, 4.69) is 29.4 Å². The zero-order chi connectivity index (χ0) is 28.8. The van der Waals surface area contributed by atoms with Gasteiger partial charge >= 0.3 is 0 Å². The Morgan fingerprint density at radius 1 is 1.32 bits per heavy atom. The number of likely N-dealkylation sites (tertiary alicyclic amines) is 1. The van der Waals surface area contributed by atoms with Crippen LogP contribution in [0.25, 0.3) is 35.2 Å². The van der Waals surface area contributed by atoms with Crippen molar-refractivity contribution in [1.29, 1.82) is 5.26 Å². The molecule has 0 spiro atoms. The molecule has 3 heterocycles. The minimum Gasteiger partial charge on any atom is -0.494 e. The summed E-state index contributed by atoms with van der Waals surface area (Å²) in [6.07, 6.45) is 9.57. The average Bonchev–Trinajstić information content (AvgIpc) is 3.46. The lowest BCUT2D eigenvalue weighted by Crippen LogP contribution is -2.49. The molecule has 2 saturated carbocycles. The first-order valence-corrected chi connectivity index (χ1v) is 14.5. The fourth-order valence-electron chi connectivity index (χ4n) is 6.63. The highest BCUT2D eigenvalue weighted by Crippen LogP contribution is 2.40. The van der Waals surface area contributed by atoms with Crippen LogP contribution in [0.2, 0.25) is 0 Å². The van der Waals surface area contributed by atoms with Gasteiger partial charge in [0.05, 0.1) is 49.6 Å². The van der Waals surface area contributed by atoms with E-state index >= 15 is 0 Å². The van der Waals surface area contributed by atoms with Gasteiger partial charge in [0.2, 0.25) is 0 Å². The maximum absolute atomic E-state index is 13.9. The number of imidazole rings is 1. The van der Waals surface area contributed by atoms with Crippen LogP contribution in [0.1, 0.15) is 43.0 Å². The number of allylic oxidation sites excluding steroid dienone is 2. The smallest absolute Gasteiger partial charge is 0.254 e. The molecule has 3 aliphatic rings. The van der Waals surface area contributed by atoms with Gasteiger partial charge in [-0.05, 0) is 61.4 Å². The predicted octanol–water partition coefficient (Wildman–Crippen LogP) is 2.70. The van der Waals surface area contributed by atoms with E-state index in [1.807, 2.05) is 41.7 Å². The number of aryl methyl sites for hydroxylation is 1. The SMILES string of the molecule is C=c1/c(=C\C=C/C)cc(-c2nc3cc(C(=O)N4CC5C[C@H](OCCC#N)C4C5N)cc(OC)c3n2C)n1CC1CC1. The third-order valence-electron chi connectivity index (χ3n) is 8.93. The van der Waals surface area contributed by atoms with Gasteiger partial charge in [-0.2, -0.15) is 5.26 Å². The van der Waals surface area contributed by atoms with Crippen molar-refractivity contribution in [2.24, 2.45) is 24.6 Å². The Morgan fingerprint density at radius 3 is 2.80 bits per heavy atom. The molecule has 1 saturated heterocycles.